The lowest BCUT2D eigenvalue weighted by Crippen LogP contribution is -2.19. The second-order valence-electron chi connectivity index (χ2n) is 7.23. The molecule has 7 heteroatoms. The number of ether oxygens (including phenoxy) is 1. The number of hydrogen-bond donors (Lipinski definition) is 3. The van der Waals surface area contributed by atoms with Gasteiger partial charge < -0.3 is 20.9 Å². The molecule has 0 spiro atoms. The highest BCUT2D eigenvalue weighted by Crippen LogP contribution is 2.23. The summed E-state index contributed by atoms with van der Waals surface area (Å²) < 4.78 is 5.00. The number of hydrogen-bond acceptors (Lipinski definition) is 7. The van der Waals surface area contributed by atoms with Gasteiger partial charge in [0.15, 0.2) is 0 Å². The monoisotopic (exact) mass is 400 g/mol. The lowest BCUT2D eigenvalue weighted by atomic mass is 10.0. The second kappa shape index (κ2) is 11.4. The molecular weight excluding hydrogens is 368 g/mol. The zero-order valence-electron chi connectivity index (χ0n) is 17.6. The van der Waals surface area contributed by atoms with Gasteiger partial charge in [-0.25, -0.2) is 4.98 Å². The molecule has 1 atom stereocenters. The standard InChI is InChI=1S/C22H32N4O3/c1-4-29-20(28)14-18-10-8-17(9-11-18)13-19-16(3)25-22(23)26-21(19)24-15(2)7-5-6-12-27/h8-11,15,27H,4-7,12-14H2,1-3H3,(H3,23,24,25,26). The summed E-state index contributed by atoms with van der Waals surface area (Å²) in [6, 6.07) is 8.13. The van der Waals surface area contributed by atoms with Gasteiger partial charge in [-0.05, 0) is 51.2 Å². The van der Waals surface area contributed by atoms with Gasteiger partial charge in [0.1, 0.15) is 5.82 Å². The summed E-state index contributed by atoms with van der Waals surface area (Å²) in [6.45, 7) is 6.44. The number of nitrogens with zero attached hydrogens (tertiary/aromatic N) is 2. The van der Waals surface area contributed by atoms with E-state index in [2.05, 4.69) is 22.2 Å². The number of nitrogens with one attached hydrogen (secondary N) is 1. The molecule has 0 aliphatic rings. The maximum atomic E-state index is 11.6. The molecule has 2 aromatic rings. The molecule has 158 valence electrons. The van der Waals surface area contributed by atoms with Gasteiger partial charge in [0, 0.05) is 30.3 Å². The van der Waals surface area contributed by atoms with Gasteiger partial charge >= 0.3 is 5.97 Å². The van der Waals surface area contributed by atoms with E-state index in [9.17, 15) is 4.79 Å². The van der Waals surface area contributed by atoms with Crippen molar-refractivity contribution in [3.05, 3.63) is 46.6 Å². The number of aliphatic hydroxyl groups excluding tert-OH is 1. The Morgan fingerprint density at radius 3 is 2.55 bits per heavy atom. The summed E-state index contributed by atoms with van der Waals surface area (Å²) in [5.41, 5.74) is 9.75. The van der Waals surface area contributed by atoms with Crippen molar-refractivity contribution in [1.29, 1.82) is 0 Å². The SMILES string of the molecule is CCOC(=O)Cc1ccc(Cc2c(C)nc(N)nc2NC(C)CCCCO)cc1. The van der Waals surface area contributed by atoms with E-state index in [4.69, 9.17) is 15.6 Å². The molecule has 0 radical (unpaired) electrons. The van der Waals surface area contributed by atoms with Crippen LogP contribution in [0.5, 0.6) is 0 Å². The number of aryl methyl sites for hydroxylation is 1. The fourth-order valence-electron chi connectivity index (χ4n) is 3.17. The minimum Gasteiger partial charge on any atom is -0.466 e. The van der Waals surface area contributed by atoms with Crippen LogP contribution in [0.25, 0.3) is 0 Å². The Hall–Kier alpha value is -2.67. The van der Waals surface area contributed by atoms with E-state index in [1.54, 1.807) is 6.92 Å². The molecule has 1 heterocycles. The molecule has 29 heavy (non-hydrogen) atoms. The average molecular weight is 401 g/mol. The Morgan fingerprint density at radius 2 is 1.90 bits per heavy atom. The van der Waals surface area contributed by atoms with E-state index in [0.29, 0.717) is 13.0 Å². The molecule has 0 saturated heterocycles. The fraction of sp³-hybridized carbons (Fsp3) is 0.500. The van der Waals surface area contributed by atoms with Crippen molar-refractivity contribution in [1.82, 2.24) is 9.97 Å². The lowest BCUT2D eigenvalue weighted by Gasteiger charge is -2.19. The van der Waals surface area contributed by atoms with Gasteiger partial charge in [-0.3, -0.25) is 4.79 Å². The number of anilines is 2. The lowest BCUT2D eigenvalue weighted by molar-refractivity contribution is -0.142. The first-order chi connectivity index (χ1) is 13.9. The summed E-state index contributed by atoms with van der Waals surface area (Å²) in [5.74, 6) is 0.785. The number of carbonyl (C=O) groups excluding carboxylic acids is 1. The van der Waals surface area contributed by atoms with Gasteiger partial charge in [-0.15, -0.1) is 0 Å². The Bertz CT molecular complexity index is 793. The zero-order valence-corrected chi connectivity index (χ0v) is 17.6. The first kappa shape index (κ1) is 22.6. The van der Waals surface area contributed by atoms with Gasteiger partial charge in [0.05, 0.1) is 13.0 Å². The van der Waals surface area contributed by atoms with Crippen LogP contribution in [0.1, 0.15) is 55.5 Å². The van der Waals surface area contributed by atoms with E-state index >= 15 is 0 Å². The molecule has 0 bridgehead atoms. The number of carbonyl (C=O) groups is 1. The molecule has 1 aromatic carbocycles. The van der Waals surface area contributed by atoms with E-state index in [-0.39, 0.29) is 31.0 Å². The minimum atomic E-state index is -0.218. The first-order valence-corrected chi connectivity index (χ1v) is 10.2. The number of benzene rings is 1. The molecule has 0 amide bonds. The van der Waals surface area contributed by atoms with E-state index in [1.165, 1.54) is 0 Å². The van der Waals surface area contributed by atoms with Crippen molar-refractivity contribution in [2.24, 2.45) is 0 Å². The van der Waals surface area contributed by atoms with Crippen molar-refractivity contribution < 1.29 is 14.6 Å². The van der Waals surface area contributed by atoms with E-state index in [1.807, 2.05) is 31.2 Å². The Labute approximate surface area is 172 Å². The normalized spacial score (nSPS) is 11.9. The molecule has 0 fully saturated rings. The minimum absolute atomic E-state index is 0.209. The van der Waals surface area contributed by atoms with Crippen LogP contribution in [0.3, 0.4) is 0 Å². The quantitative estimate of drug-likeness (QED) is 0.393. The predicted octanol–water partition coefficient (Wildman–Crippen LogP) is 3.03. The number of rotatable bonds is 11. The number of aromatic nitrogens is 2. The van der Waals surface area contributed by atoms with Crippen molar-refractivity contribution in [2.45, 2.75) is 58.9 Å². The number of aliphatic hydroxyl groups is 1. The van der Waals surface area contributed by atoms with Crippen LogP contribution in [0.2, 0.25) is 0 Å². The third kappa shape index (κ3) is 7.34. The number of esters is 1. The molecule has 2 rings (SSSR count). The first-order valence-electron chi connectivity index (χ1n) is 10.2. The zero-order chi connectivity index (χ0) is 21.2. The van der Waals surface area contributed by atoms with Crippen molar-refractivity contribution >= 4 is 17.7 Å². The van der Waals surface area contributed by atoms with Crippen LogP contribution < -0.4 is 11.1 Å². The third-order valence-electron chi connectivity index (χ3n) is 4.72. The van der Waals surface area contributed by atoms with Crippen molar-refractivity contribution in [2.75, 3.05) is 24.3 Å². The van der Waals surface area contributed by atoms with Crippen LogP contribution in [0, 0.1) is 6.92 Å². The van der Waals surface area contributed by atoms with Crippen LogP contribution in [-0.2, 0) is 22.4 Å². The Balaban J connectivity index is 2.12. The van der Waals surface area contributed by atoms with Crippen LogP contribution >= 0.6 is 0 Å². The summed E-state index contributed by atoms with van der Waals surface area (Å²) in [5, 5.41) is 12.4. The van der Waals surface area contributed by atoms with Gasteiger partial charge in [-0.1, -0.05) is 24.3 Å². The van der Waals surface area contributed by atoms with E-state index in [0.717, 1.165) is 47.5 Å². The molecule has 1 unspecified atom stereocenters. The highest BCUT2D eigenvalue weighted by molar-refractivity contribution is 5.72. The van der Waals surface area contributed by atoms with Crippen molar-refractivity contribution in [3.63, 3.8) is 0 Å². The molecule has 0 saturated carbocycles. The largest absolute Gasteiger partial charge is 0.466 e. The highest BCUT2D eigenvalue weighted by Gasteiger charge is 2.14. The van der Waals surface area contributed by atoms with Crippen molar-refractivity contribution in [3.8, 4) is 0 Å². The molecule has 7 nitrogen and oxygen atoms in total. The van der Waals surface area contributed by atoms with Crippen LogP contribution in [-0.4, -0.2) is 40.3 Å². The smallest absolute Gasteiger partial charge is 0.310 e. The van der Waals surface area contributed by atoms with E-state index < -0.39 is 0 Å². The molecule has 1 aromatic heterocycles. The topological polar surface area (TPSA) is 110 Å². The Kier molecular flexibility index (Phi) is 8.86. The predicted molar refractivity (Wildman–Crippen MR) is 115 cm³/mol. The summed E-state index contributed by atoms with van der Waals surface area (Å²) in [4.78, 5) is 20.4. The summed E-state index contributed by atoms with van der Waals surface area (Å²) in [6.07, 6.45) is 3.61. The molecule has 0 aliphatic carbocycles. The van der Waals surface area contributed by atoms with Gasteiger partial charge in [0.25, 0.3) is 0 Å². The number of unbranched alkanes of at least 4 members (excludes halogenated alkanes) is 1. The molecule has 4 N–H and O–H groups in total. The Morgan fingerprint density at radius 1 is 1.21 bits per heavy atom. The summed E-state index contributed by atoms with van der Waals surface area (Å²) in [7, 11) is 0. The van der Waals surface area contributed by atoms with Gasteiger partial charge in [-0.2, -0.15) is 4.98 Å². The second-order valence-corrected chi connectivity index (χ2v) is 7.23. The van der Waals surface area contributed by atoms with Crippen LogP contribution in [0.4, 0.5) is 11.8 Å². The third-order valence-corrected chi connectivity index (χ3v) is 4.72. The maximum Gasteiger partial charge on any atom is 0.310 e. The molecule has 0 aliphatic heterocycles. The highest BCUT2D eigenvalue weighted by atomic mass is 16.5. The molecular formula is C22H32N4O3. The maximum absolute atomic E-state index is 11.6. The average Bonchev–Trinajstić information content (AvgIpc) is 2.66. The fourth-order valence-corrected chi connectivity index (χ4v) is 3.17. The van der Waals surface area contributed by atoms with Gasteiger partial charge in [0.2, 0.25) is 5.95 Å². The number of nitrogens with two attached hydrogens (primary N) is 1. The summed E-state index contributed by atoms with van der Waals surface area (Å²) >= 11 is 0. The van der Waals surface area contributed by atoms with Crippen LogP contribution in [0.15, 0.2) is 24.3 Å². The number of nitrogen functional groups attached to an aromatic ring is 1.